The lowest BCUT2D eigenvalue weighted by Gasteiger charge is -2.28. The van der Waals surface area contributed by atoms with Gasteiger partial charge in [-0.1, -0.05) is 76.6 Å². The average Bonchev–Trinajstić information content (AvgIpc) is 2.51. The van der Waals surface area contributed by atoms with Gasteiger partial charge in [-0.3, -0.25) is 0 Å². The Morgan fingerprint density at radius 3 is 2.20 bits per heavy atom. The minimum Gasteiger partial charge on any atom is -0.328 e. The summed E-state index contributed by atoms with van der Waals surface area (Å²) < 4.78 is 0. The van der Waals surface area contributed by atoms with Crippen molar-refractivity contribution in [3.63, 3.8) is 0 Å². The van der Waals surface area contributed by atoms with Gasteiger partial charge in [-0.2, -0.15) is 4.99 Å². The van der Waals surface area contributed by atoms with Crippen molar-refractivity contribution in [2.75, 3.05) is 0 Å². The fourth-order valence-electron chi connectivity index (χ4n) is 2.31. The third kappa shape index (κ3) is 2.51. The Morgan fingerprint density at radius 2 is 1.55 bits per heavy atom. The third-order valence-electron chi connectivity index (χ3n) is 3.28. The van der Waals surface area contributed by atoms with E-state index in [-0.39, 0.29) is 16.9 Å². The predicted octanol–water partition coefficient (Wildman–Crippen LogP) is 3.70. The van der Waals surface area contributed by atoms with Crippen LogP contribution >= 0.6 is 15.9 Å². The Kier molecular flexibility index (Phi) is 3.65. The Morgan fingerprint density at radius 1 is 0.950 bits per heavy atom. The molecule has 0 radical (unpaired) electrons. The molecule has 2 aromatic rings. The van der Waals surface area contributed by atoms with Gasteiger partial charge in [0.15, 0.2) is 0 Å². The Balaban J connectivity index is 1.99. The van der Waals surface area contributed by atoms with Gasteiger partial charge in [0.2, 0.25) is 0 Å². The van der Waals surface area contributed by atoms with E-state index in [0.29, 0.717) is 0 Å². The van der Waals surface area contributed by atoms with E-state index in [9.17, 15) is 4.79 Å². The highest BCUT2D eigenvalue weighted by molar-refractivity contribution is 9.10. The number of hydrogen-bond acceptors (Lipinski definition) is 1. The van der Waals surface area contributed by atoms with Crippen molar-refractivity contribution in [1.29, 1.82) is 0 Å². The molecule has 0 aromatic heterocycles. The van der Waals surface area contributed by atoms with Gasteiger partial charge in [0.05, 0.1) is 16.6 Å². The van der Waals surface area contributed by atoms with E-state index >= 15 is 0 Å². The number of halogens is 1. The van der Waals surface area contributed by atoms with E-state index in [1.807, 2.05) is 60.7 Å². The first-order valence-electron chi connectivity index (χ1n) is 6.39. The zero-order valence-electron chi connectivity index (χ0n) is 10.7. The van der Waals surface area contributed by atoms with Gasteiger partial charge < -0.3 is 5.32 Å². The van der Waals surface area contributed by atoms with Gasteiger partial charge >= 0.3 is 6.03 Å². The van der Waals surface area contributed by atoms with Gasteiger partial charge in [-0.25, -0.2) is 4.79 Å². The minimum absolute atomic E-state index is 0.0509. The number of alkyl halides is 1. The molecule has 4 heteroatoms. The quantitative estimate of drug-likeness (QED) is 0.839. The number of nitrogens with zero attached hydrogens (tertiary/aromatic N) is 1. The molecule has 2 aromatic carbocycles. The van der Waals surface area contributed by atoms with E-state index < -0.39 is 0 Å². The summed E-state index contributed by atoms with van der Waals surface area (Å²) in [6, 6.07) is 19.3. The monoisotopic (exact) mass is 328 g/mol. The molecule has 1 heterocycles. The van der Waals surface area contributed by atoms with Crippen molar-refractivity contribution < 1.29 is 4.79 Å². The highest BCUT2D eigenvalue weighted by Crippen LogP contribution is 2.29. The molecule has 0 saturated carbocycles. The fourth-order valence-corrected chi connectivity index (χ4v) is 3.12. The number of carbonyl (C=O) groups excluding carboxylic acids is 1. The lowest BCUT2D eigenvalue weighted by Crippen LogP contribution is -2.41. The zero-order chi connectivity index (χ0) is 13.9. The van der Waals surface area contributed by atoms with Crippen LogP contribution in [-0.4, -0.2) is 16.6 Å². The largest absolute Gasteiger partial charge is 0.341 e. The number of urea groups is 1. The topological polar surface area (TPSA) is 41.5 Å². The van der Waals surface area contributed by atoms with E-state index in [1.54, 1.807) is 0 Å². The minimum atomic E-state index is -0.298. The van der Waals surface area contributed by atoms with Crippen LogP contribution in [0.1, 0.15) is 17.2 Å². The van der Waals surface area contributed by atoms with Crippen LogP contribution in [0.25, 0.3) is 0 Å². The van der Waals surface area contributed by atoms with Crippen LogP contribution in [0, 0.1) is 0 Å². The highest BCUT2D eigenvalue weighted by Gasteiger charge is 2.32. The molecule has 2 amide bonds. The molecule has 2 unspecified atom stereocenters. The molecule has 0 spiro atoms. The van der Waals surface area contributed by atoms with Crippen LogP contribution in [0.5, 0.6) is 0 Å². The average molecular weight is 329 g/mol. The van der Waals surface area contributed by atoms with Crippen molar-refractivity contribution in [3.8, 4) is 0 Å². The van der Waals surface area contributed by atoms with Crippen molar-refractivity contribution in [2.24, 2.45) is 4.99 Å². The molecule has 100 valence electrons. The highest BCUT2D eigenvalue weighted by atomic mass is 79.9. The van der Waals surface area contributed by atoms with Gasteiger partial charge in [-0.15, -0.1) is 0 Å². The maximum atomic E-state index is 11.9. The van der Waals surface area contributed by atoms with Gasteiger partial charge in [0.1, 0.15) is 0 Å². The first kappa shape index (κ1) is 13.1. The number of carbonyl (C=O) groups is 1. The molecule has 1 N–H and O–H groups in total. The third-order valence-corrected chi connectivity index (χ3v) is 4.25. The standard InChI is InChI=1S/C16H13BrN2O/c17-13-14(11-7-3-1-4-8-11)18-16(20)19-15(13)12-9-5-2-6-10-12/h1-10,13-14H,(H,18,20). The number of nitrogens with one attached hydrogen (secondary N) is 1. The Bertz CT molecular complexity index is 640. The zero-order valence-corrected chi connectivity index (χ0v) is 12.2. The van der Waals surface area contributed by atoms with Crippen LogP contribution < -0.4 is 5.32 Å². The lowest BCUT2D eigenvalue weighted by molar-refractivity contribution is 0.244. The number of hydrogen-bond donors (Lipinski definition) is 1. The van der Waals surface area contributed by atoms with Crippen molar-refractivity contribution >= 4 is 27.7 Å². The van der Waals surface area contributed by atoms with Crippen LogP contribution in [0.15, 0.2) is 65.7 Å². The molecule has 20 heavy (non-hydrogen) atoms. The second kappa shape index (κ2) is 5.59. The molecule has 3 nitrogen and oxygen atoms in total. The number of benzene rings is 2. The van der Waals surface area contributed by atoms with Crippen molar-refractivity contribution in [3.05, 3.63) is 71.8 Å². The molecule has 0 saturated heterocycles. The van der Waals surface area contributed by atoms with Crippen LogP contribution in [0.4, 0.5) is 4.79 Å². The normalized spacial score (nSPS) is 22.1. The molecule has 0 bridgehead atoms. The molecular formula is C16H13BrN2O. The Hall–Kier alpha value is -1.94. The van der Waals surface area contributed by atoms with Crippen molar-refractivity contribution in [2.45, 2.75) is 10.9 Å². The lowest BCUT2D eigenvalue weighted by atomic mass is 9.96. The maximum Gasteiger partial charge on any atom is 0.341 e. The summed E-state index contributed by atoms with van der Waals surface area (Å²) in [5.41, 5.74) is 2.79. The van der Waals surface area contributed by atoms with Crippen LogP contribution in [-0.2, 0) is 0 Å². The van der Waals surface area contributed by atoms with E-state index in [0.717, 1.165) is 16.8 Å². The number of rotatable bonds is 2. The van der Waals surface area contributed by atoms with E-state index in [1.165, 1.54) is 0 Å². The fraction of sp³-hybridized carbons (Fsp3) is 0.125. The van der Waals surface area contributed by atoms with E-state index in [4.69, 9.17) is 0 Å². The predicted molar refractivity (Wildman–Crippen MR) is 83.4 cm³/mol. The molecule has 1 aliphatic rings. The van der Waals surface area contributed by atoms with E-state index in [2.05, 4.69) is 26.2 Å². The van der Waals surface area contributed by atoms with Crippen molar-refractivity contribution in [1.82, 2.24) is 5.32 Å². The number of aliphatic imine (C=N–C) groups is 1. The first-order valence-corrected chi connectivity index (χ1v) is 7.31. The van der Waals surface area contributed by atoms with Crippen LogP contribution in [0.3, 0.4) is 0 Å². The summed E-state index contributed by atoms with van der Waals surface area (Å²) in [6.07, 6.45) is 0. The molecule has 3 rings (SSSR count). The summed E-state index contributed by atoms with van der Waals surface area (Å²) in [5.74, 6) is 0. The summed E-state index contributed by atoms with van der Waals surface area (Å²) >= 11 is 3.68. The molecule has 2 atom stereocenters. The summed E-state index contributed by atoms with van der Waals surface area (Å²) in [6.45, 7) is 0. The summed E-state index contributed by atoms with van der Waals surface area (Å²) in [5, 5.41) is 2.91. The summed E-state index contributed by atoms with van der Waals surface area (Å²) in [7, 11) is 0. The SMILES string of the molecule is O=C1N=C(c2ccccc2)C(Br)C(c2ccccc2)N1. The summed E-state index contributed by atoms with van der Waals surface area (Å²) in [4.78, 5) is 15.9. The van der Waals surface area contributed by atoms with Gasteiger partial charge in [0, 0.05) is 0 Å². The molecular weight excluding hydrogens is 316 g/mol. The molecule has 0 fully saturated rings. The first-order chi connectivity index (χ1) is 9.75. The second-order valence-corrected chi connectivity index (χ2v) is 5.59. The van der Waals surface area contributed by atoms with Gasteiger partial charge in [-0.05, 0) is 11.1 Å². The van der Waals surface area contributed by atoms with Crippen LogP contribution in [0.2, 0.25) is 0 Å². The smallest absolute Gasteiger partial charge is 0.328 e. The number of amides is 2. The second-order valence-electron chi connectivity index (χ2n) is 4.60. The maximum absolute atomic E-state index is 11.9. The van der Waals surface area contributed by atoms with Gasteiger partial charge in [0.25, 0.3) is 0 Å². The molecule has 1 aliphatic heterocycles. The Labute approximate surface area is 125 Å². The molecule has 0 aliphatic carbocycles.